The summed E-state index contributed by atoms with van der Waals surface area (Å²) in [6.45, 7) is 5.90. The van der Waals surface area contributed by atoms with E-state index in [2.05, 4.69) is 0 Å². The minimum Gasteiger partial charge on any atom is -0.544 e. The van der Waals surface area contributed by atoms with Crippen LogP contribution in [0.4, 0.5) is 0 Å². The van der Waals surface area contributed by atoms with Crippen LogP contribution in [0.1, 0.15) is 20.7 Å². The van der Waals surface area contributed by atoms with Crippen LogP contribution in [0.25, 0.3) is 0 Å². The van der Waals surface area contributed by atoms with Crippen LogP contribution in [0.5, 0.6) is 5.75 Å². The van der Waals surface area contributed by atoms with Gasteiger partial charge in [0.05, 0.1) is 11.1 Å². The quantitative estimate of drug-likeness (QED) is 0.646. The fourth-order valence-corrected chi connectivity index (χ4v) is 2.02. The number of carboxylic acid groups (broad SMARTS) is 1. The third-order valence-electron chi connectivity index (χ3n) is 1.80. The molecule has 0 heterocycles. The van der Waals surface area contributed by atoms with Crippen molar-refractivity contribution in [1.29, 1.82) is 0 Å². The van der Waals surface area contributed by atoms with Crippen LogP contribution in [0.15, 0.2) is 18.2 Å². The number of hydrogen-bond acceptors (Lipinski definition) is 3. The molecule has 5 heteroatoms. The summed E-state index contributed by atoms with van der Waals surface area (Å²) in [5.74, 6) is -0.674. The zero-order chi connectivity index (χ0) is 12.3. The van der Waals surface area contributed by atoms with Gasteiger partial charge in [-0.2, -0.15) is 0 Å². The van der Waals surface area contributed by atoms with Crippen molar-refractivity contribution in [1.82, 2.24) is 0 Å². The molecule has 1 N–H and O–H groups in total. The van der Waals surface area contributed by atoms with E-state index < -0.39 is 14.3 Å². The van der Waals surface area contributed by atoms with E-state index in [4.69, 9.17) is 9.53 Å². The van der Waals surface area contributed by atoms with Crippen LogP contribution in [0.2, 0.25) is 19.6 Å². The van der Waals surface area contributed by atoms with Crippen molar-refractivity contribution >= 4 is 20.6 Å². The fourth-order valence-electron chi connectivity index (χ4n) is 1.18. The largest absolute Gasteiger partial charge is 0.544 e. The maximum absolute atomic E-state index is 10.8. The first kappa shape index (κ1) is 12.4. The number of aromatic carboxylic acids is 1. The molecule has 0 spiro atoms. The molecule has 0 saturated carbocycles. The van der Waals surface area contributed by atoms with Crippen molar-refractivity contribution in [2.24, 2.45) is 0 Å². The lowest BCUT2D eigenvalue weighted by atomic mass is 10.1. The minimum absolute atomic E-state index is 0.124. The average Bonchev–Trinajstić information content (AvgIpc) is 2.15. The summed E-state index contributed by atoms with van der Waals surface area (Å²) in [6.07, 6.45) is 0.668. The normalized spacial score (nSPS) is 10.9. The van der Waals surface area contributed by atoms with E-state index in [-0.39, 0.29) is 5.56 Å². The minimum atomic E-state index is -1.86. The highest BCUT2D eigenvalue weighted by Gasteiger charge is 2.19. The molecule has 1 aromatic carbocycles. The molecule has 0 amide bonds. The van der Waals surface area contributed by atoms with Gasteiger partial charge in [0, 0.05) is 0 Å². The molecular formula is C11H14O4Si. The van der Waals surface area contributed by atoms with Gasteiger partial charge in [0.2, 0.25) is 8.32 Å². The Morgan fingerprint density at radius 2 is 2.00 bits per heavy atom. The van der Waals surface area contributed by atoms with Crippen LogP contribution in [-0.4, -0.2) is 25.7 Å². The van der Waals surface area contributed by atoms with Gasteiger partial charge in [-0.05, 0) is 37.8 Å². The molecule has 0 fully saturated rings. The molecule has 1 aromatic rings. The van der Waals surface area contributed by atoms with Crippen molar-refractivity contribution in [2.75, 3.05) is 0 Å². The van der Waals surface area contributed by atoms with Gasteiger partial charge in [0.1, 0.15) is 5.75 Å². The van der Waals surface area contributed by atoms with Gasteiger partial charge in [-0.1, -0.05) is 0 Å². The summed E-state index contributed by atoms with van der Waals surface area (Å²) in [6, 6.07) is 4.25. The highest BCUT2D eigenvalue weighted by atomic mass is 28.4. The maximum Gasteiger partial charge on any atom is 0.335 e. The zero-order valence-corrected chi connectivity index (χ0v) is 10.5. The van der Waals surface area contributed by atoms with E-state index >= 15 is 0 Å². The van der Waals surface area contributed by atoms with E-state index in [0.29, 0.717) is 17.6 Å². The topological polar surface area (TPSA) is 63.6 Å². The molecule has 0 bridgehead atoms. The Kier molecular flexibility index (Phi) is 3.49. The van der Waals surface area contributed by atoms with Crippen molar-refractivity contribution in [3.05, 3.63) is 29.3 Å². The molecule has 0 aliphatic carbocycles. The standard InChI is InChI=1S/C11H14O4Si/c1-16(2,3)15-10-6-8(11(13)14)4-5-9(10)7-12/h4-7H,1-3H3,(H,13,14). The predicted octanol–water partition coefficient (Wildman–Crippen LogP) is 2.41. The van der Waals surface area contributed by atoms with E-state index in [1.165, 1.54) is 18.2 Å². The molecule has 0 unspecified atom stereocenters. The molecule has 0 aliphatic rings. The van der Waals surface area contributed by atoms with E-state index in [9.17, 15) is 9.59 Å². The highest BCUT2D eigenvalue weighted by Crippen LogP contribution is 2.22. The summed E-state index contributed by atoms with van der Waals surface area (Å²) in [4.78, 5) is 21.6. The third kappa shape index (κ3) is 3.20. The Labute approximate surface area is 95.0 Å². The molecule has 0 saturated heterocycles. The van der Waals surface area contributed by atoms with Crippen LogP contribution in [0, 0.1) is 0 Å². The Balaban J connectivity index is 3.17. The first-order chi connectivity index (χ1) is 7.33. The van der Waals surface area contributed by atoms with Crippen molar-refractivity contribution in [3.63, 3.8) is 0 Å². The lowest BCUT2D eigenvalue weighted by Crippen LogP contribution is -2.29. The number of benzene rings is 1. The molecule has 0 aromatic heterocycles. The molecular weight excluding hydrogens is 224 g/mol. The number of carbonyl (C=O) groups excluding carboxylic acids is 1. The van der Waals surface area contributed by atoms with Gasteiger partial charge in [0.25, 0.3) is 0 Å². The number of carboxylic acids is 1. The van der Waals surface area contributed by atoms with Crippen LogP contribution < -0.4 is 4.43 Å². The van der Waals surface area contributed by atoms with Crippen LogP contribution >= 0.6 is 0 Å². The predicted molar refractivity (Wildman–Crippen MR) is 62.8 cm³/mol. The molecule has 4 nitrogen and oxygen atoms in total. The molecule has 0 radical (unpaired) electrons. The summed E-state index contributed by atoms with van der Waals surface area (Å²) in [5.41, 5.74) is 0.506. The molecule has 16 heavy (non-hydrogen) atoms. The number of aldehydes is 1. The maximum atomic E-state index is 10.8. The first-order valence-corrected chi connectivity index (χ1v) is 8.26. The summed E-state index contributed by atoms with van der Waals surface area (Å²) >= 11 is 0. The lowest BCUT2D eigenvalue weighted by Gasteiger charge is -2.20. The fraction of sp³-hybridized carbons (Fsp3) is 0.273. The Morgan fingerprint density at radius 1 is 1.38 bits per heavy atom. The highest BCUT2D eigenvalue weighted by molar-refractivity contribution is 6.70. The van der Waals surface area contributed by atoms with Crippen molar-refractivity contribution in [2.45, 2.75) is 19.6 Å². The molecule has 0 aliphatic heterocycles. The Bertz CT molecular complexity index is 420. The summed E-state index contributed by atoms with van der Waals surface area (Å²) in [7, 11) is -1.86. The monoisotopic (exact) mass is 238 g/mol. The number of carbonyl (C=O) groups is 2. The second-order valence-corrected chi connectivity index (χ2v) is 8.82. The van der Waals surface area contributed by atoms with Crippen molar-refractivity contribution < 1.29 is 19.1 Å². The smallest absolute Gasteiger partial charge is 0.335 e. The van der Waals surface area contributed by atoms with Gasteiger partial charge >= 0.3 is 5.97 Å². The Hall–Kier alpha value is -1.62. The second-order valence-electron chi connectivity index (χ2n) is 4.39. The van der Waals surface area contributed by atoms with E-state index in [0.717, 1.165) is 0 Å². The van der Waals surface area contributed by atoms with Gasteiger partial charge in [-0.25, -0.2) is 4.79 Å². The summed E-state index contributed by atoms with van der Waals surface area (Å²) in [5, 5.41) is 8.84. The average molecular weight is 238 g/mol. The van der Waals surface area contributed by atoms with Gasteiger partial charge in [-0.15, -0.1) is 0 Å². The second kappa shape index (κ2) is 4.48. The SMILES string of the molecule is C[Si](C)(C)Oc1cc(C(=O)O)ccc1C=O. The van der Waals surface area contributed by atoms with Gasteiger partial charge < -0.3 is 9.53 Å². The third-order valence-corrected chi connectivity index (χ3v) is 2.64. The van der Waals surface area contributed by atoms with Crippen LogP contribution in [0.3, 0.4) is 0 Å². The van der Waals surface area contributed by atoms with Gasteiger partial charge in [0.15, 0.2) is 6.29 Å². The Morgan fingerprint density at radius 3 is 2.44 bits per heavy atom. The van der Waals surface area contributed by atoms with E-state index in [1.54, 1.807) is 0 Å². The lowest BCUT2D eigenvalue weighted by molar-refractivity contribution is 0.0696. The molecule has 86 valence electrons. The molecule has 0 atom stereocenters. The van der Waals surface area contributed by atoms with E-state index in [1.807, 2.05) is 19.6 Å². The van der Waals surface area contributed by atoms with Crippen molar-refractivity contribution in [3.8, 4) is 5.75 Å². The van der Waals surface area contributed by atoms with Crippen LogP contribution in [-0.2, 0) is 0 Å². The first-order valence-electron chi connectivity index (χ1n) is 4.85. The van der Waals surface area contributed by atoms with Gasteiger partial charge in [-0.3, -0.25) is 4.79 Å². The zero-order valence-electron chi connectivity index (χ0n) is 9.48. The summed E-state index contributed by atoms with van der Waals surface area (Å²) < 4.78 is 5.66. The number of rotatable bonds is 4. The molecule has 1 rings (SSSR count). The number of hydrogen-bond donors (Lipinski definition) is 1.